The number of aliphatic hydroxyl groups is 1. The maximum absolute atomic E-state index is 9.16. The Morgan fingerprint density at radius 1 is 1.11 bits per heavy atom. The van der Waals surface area contributed by atoms with Gasteiger partial charge in [-0.3, -0.25) is 4.90 Å². The van der Waals surface area contributed by atoms with Crippen LogP contribution in [0.15, 0.2) is 0 Å². The van der Waals surface area contributed by atoms with Crippen LogP contribution < -0.4 is 5.32 Å². The van der Waals surface area contributed by atoms with E-state index in [1.807, 2.05) is 0 Å². The minimum Gasteiger partial charge on any atom is -0.396 e. The zero-order chi connectivity index (χ0) is 12.8. The van der Waals surface area contributed by atoms with Crippen molar-refractivity contribution in [2.45, 2.75) is 64.0 Å². The standard InChI is InChI=1S/C15H30N2O/c1-13-10-16-14(8-9-18)12-17(11-13)15-6-4-2-3-5-7-15/h13-16,18H,2-12H2,1H3. The highest BCUT2D eigenvalue weighted by atomic mass is 16.3. The third kappa shape index (κ3) is 4.22. The lowest BCUT2D eigenvalue weighted by Gasteiger charge is -2.32. The fourth-order valence-electron chi connectivity index (χ4n) is 3.53. The number of hydrogen-bond acceptors (Lipinski definition) is 3. The molecule has 2 aliphatic rings. The van der Waals surface area contributed by atoms with Gasteiger partial charge in [0.15, 0.2) is 0 Å². The zero-order valence-corrected chi connectivity index (χ0v) is 11.9. The molecule has 0 aromatic carbocycles. The van der Waals surface area contributed by atoms with Gasteiger partial charge in [-0.15, -0.1) is 0 Å². The van der Waals surface area contributed by atoms with Gasteiger partial charge in [-0.1, -0.05) is 32.6 Å². The topological polar surface area (TPSA) is 35.5 Å². The molecule has 0 bridgehead atoms. The average Bonchev–Trinajstić information content (AvgIpc) is 2.71. The third-order valence-corrected chi connectivity index (χ3v) is 4.57. The van der Waals surface area contributed by atoms with E-state index in [1.165, 1.54) is 45.1 Å². The molecule has 2 unspecified atom stereocenters. The summed E-state index contributed by atoms with van der Waals surface area (Å²) in [6, 6.07) is 1.29. The molecular formula is C15H30N2O. The number of nitrogens with zero attached hydrogens (tertiary/aromatic N) is 1. The van der Waals surface area contributed by atoms with Crippen LogP contribution in [-0.2, 0) is 0 Å². The molecule has 106 valence electrons. The van der Waals surface area contributed by atoms with E-state index in [0.717, 1.165) is 31.5 Å². The van der Waals surface area contributed by atoms with E-state index >= 15 is 0 Å². The van der Waals surface area contributed by atoms with Crippen molar-refractivity contribution in [1.82, 2.24) is 10.2 Å². The molecule has 0 aromatic heterocycles. The lowest BCUT2D eigenvalue weighted by atomic mass is 10.0. The summed E-state index contributed by atoms with van der Waals surface area (Å²) in [7, 11) is 0. The summed E-state index contributed by atoms with van der Waals surface area (Å²) in [4.78, 5) is 2.72. The molecule has 1 aliphatic carbocycles. The number of aliphatic hydroxyl groups excluding tert-OH is 1. The van der Waals surface area contributed by atoms with Crippen LogP contribution in [0.1, 0.15) is 51.9 Å². The van der Waals surface area contributed by atoms with Gasteiger partial charge < -0.3 is 10.4 Å². The van der Waals surface area contributed by atoms with Crippen LogP contribution >= 0.6 is 0 Å². The van der Waals surface area contributed by atoms with Gasteiger partial charge >= 0.3 is 0 Å². The molecule has 3 nitrogen and oxygen atoms in total. The van der Waals surface area contributed by atoms with E-state index in [4.69, 9.17) is 5.11 Å². The number of hydrogen-bond donors (Lipinski definition) is 2. The van der Waals surface area contributed by atoms with Crippen molar-refractivity contribution >= 4 is 0 Å². The minimum absolute atomic E-state index is 0.310. The highest BCUT2D eigenvalue weighted by Gasteiger charge is 2.26. The van der Waals surface area contributed by atoms with Crippen molar-refractivity contribution in [2.75, 3.05) is 26.2 Å². The second-order valence-corrected chi connectivity index (χ2v) is 6.32. The lowest BCUT2D eigenvalue weighted by molar-refractivity contribution is 0.154. The molecule has 0 amide bonds. The third-order valence-electron chi connectivity index (χ3n) is 4.57. The van der Waals surface area contributed by atoms with E-state index in [2.05, 4.69) is 17.1 Å². The van der Waals surface area contributed by atoms with E-state index in [9.17, 15) is 0 Å². The van der Waals surface area contributed by atoms with E-state index in [0.29, 0.717) is 12.6 Å². The molecule has 0 spiro atoms. The van der Waals surface area contributed by atoms with Crippen LogP contribution in [-0.4, -0.2) is 48.3 Å². The Hall–Kier alpha value is -0.120. The van der Waals surface area contributed by atoms with Crippen LogP contribution in [0.5, 0.6) is 0 Å². The van der Waals surface area contributed by atoms with E-state index in [-0.39, 0.29) is 0 Å². The predicted octanol–water partition coefficient (Wildman–Crippen LogP) is 2.00. The Morgan fingerprint density at radius 3 is 2.50 bits per heavy atom. The van der Waals surface area contributed by atoms with Gasteiger partial charge in [0.2, 0.25) is 0 Å². The van der Waals surface area contributed by atoms with Gasteiger partial charge in [0.1, 0.15) is 0 Å². The summed E-state index contributed by atoms with van der Waals surface area (Å²) in [6.45, 7) is 6.13. The van der Waals surface area contributed by atoms with E-state index in [1.54, 1.807) is 0 Å². The molecule has 0 radical (unpaired) electrons. The number of nitrogens with one attached hydrogen (secondary N) is 1. The van der Waals surface area contributed by atoms with E-state index < -0.39 is 0 Å². The van der Waals surface area contributed by atoms with Gasteiger partial charge in [0.25, 0.3) is 0 Å². The van der Waals surface area contributed by atoms with Crippen LogP contribution in [0.4, 0.5) is 0 Å². The first-order valence-electron chi connectivity index (χ1n) is 7.88. The molecular weight excluding hydrogens is 224 g/mol. The Bertz CT molecular complexity index is 227. The first-order valence-corrected chi connectivity index (χ1v) is 7.88. The molecule has 1 saturated heterocycles. The summed E-state index contributed by atoms with van der Waals surface area (Å²) >= 11 is 0. The zero-order valence-electron chi connectivity index (χ0n) is 11.9. The average molecular weight is 254 g/mol. The molecule has 3 heteroatoms. The smallest absolute Gasteiger partial charge is 0.0446 e. The number of rotatable bonds is 3. The minimum atomic E-state index is 0.310. The van der Waals surface area contributed by atoms with Gasteiger partial charge in [0.05, 0.1) is 0 Å². The predicted molar refractivity (Wildman–Crippen MR) is 75.7 cm³/mol. The summed E-state index contributed by atoms with van der Waals surface area (Å²) in [5.41, 5.74) is 0. The maximum atomic E-state index is 9.16. The van der Waals surface area contributed by atoms with Crippen LogP contribution in [0, 0.1) is 5.92 Å². The van der Waals surface area contributed by atoms with Crippen LogP contribution in [0.3, 0.4) is 0 Å². The second-order valence-electron chi connectivity index (χ2n) is 6.32. The summed E-state index contributed by atoms with van der Waals surface area (Å²) in [6.07, 6.45) is 9.35. The second kappa shape index (κ2) is 7.46. The Kier molecular flexibility index (Phi) is 5.93. The SMILES string of the molecule is CC1CNC(CCO)CN(C2CCCCCC2)C1. The molecule has 2 atom stereocenters. The van der Waals surface area contributed by atoms with Crippen molar-refractivity contribution < 1.29 is 5.11 Å². The molecule has 1 heterocycles. The molecule has 2 N–H and O–H groups in total. The fraction of sp³-hybridized carbons (Fsp3) is 1.00. The maximum Gasteiger partial charge on any atom is 0.0446 e. The largest absolute Gasteiger partial charge is 0.396 e. The first-order chi connectivity index (χ1) is 8.79. The van der Waals surface area contributed by atoms with Gasteiger partial charge in [-0.25, -0.2) is 0 Å². The summed E-state index contributed by atoms with van der Waals surface area (Å²) in [5, 5.41) is 12.8. The van der Waals surface area contributed by atoms with Crippen molar-refractivity contribution in [3.8, 4) is 0 Å². The Morgan fingerprint density at radius 2 is 1.83 bits per heavy atom. The molecule has 0 aromatic rings. The normalized spacial score (nSPS) is 33.0. The van der Waals surface area contributed by atoms with Crippen molar-refractivity contribution in [3.63, 3.8) is 0 Å². The van der Waals surface area contributed by atoms with Crippen LogP contribution in [0.2, 0.25) is 0 Å². The summed E-state index contributed by atoms with van der Waals surface area (Å²) < 4.78 is 0. The Balaban J connectivity index is 1.94. The monoisotopic (exact) mass is 254 g/mol. The first kappa shape index (κ1) is 14.3. The highest BCUT2D eigenvalue weighted by molar-refractivity contribution is 4.84. The lowest BCUT2D eigenvalue weighted by Crippen LogP contribution is -2.43. The summed E-state index contributed by atoms with van der Waals surface area (Å²) in [5.74, 6) is 0.733. The molecule has 2 rings (SSSR count). The molecule has 2 fully saturated rings. The van der Waals surface area contributed by atoms with Crippen molar-refractivity contribution in [1.29, 1.82) is 0 Å². The van der Waals surface area contributed by atoms with Gasteiger partial charge in [-0.05, 0) is 31.7 Å². The molecule has 18 heavy (non-hydrogen) atoms. The highest BCUT2D eigenvalue weighted by Crippen LogP contribution is 2.24. The van der Waals surface area contributed by atoms with Gasteiger partial charge in [-0.2, -0.15) is 0 Å². The fourth-order valence-corrected chi connectivity index (χ4v) is 3.53. The van der Waals surface area contributed by atoms with Gasteiger partial charge in [0, 0.05) is 31.8 Å². The quantitative estimate of drug-likeness (QED) is 0.756. The molecule has 1 saturated carbocycles. The van der Waals surface area contributed by atoms with Crippen LogP contribution in [0.25, 0.3) is 0 Å². The van der Waals surface area contributed by atoms with Crippen molar-refractivity contribution in [3.05, 3.63) is 0 Å². The van der Waals surface area contributed by atoms with Crippen molar-refractivity contribution in [2.24, 2.45) is 5.92 Å². The Labute approximate surface area is 112 Å². The molecule has 1 aliphatic heterocycles.